The summed E-state index contributed by atoms with van der Waals surface area (Å²) >= 11 is 0. The molecule has 1 rings (SSSR count). The molecule has 0 spiro atoms. The van der Waals surface area contributed by atoms with Crippen LogP contribution in [-0.4, -0.2) is 11.4 Å². The van der Waals surface area contributed by atoms with Crippen molar-refractivity contribution < 1.29 is 4.79 Å². The first kappa shape index (κ1) is 12.8. The summed E-state index contributed by atoms with van der Waals surface area (Å²) in [5.74, 6) is 0.119. The van der Waals surface area contributed by atoms with E-state index in [2.05, 4.69) is 36.5 Å². The minimum absolute atomic E-state index is 0.119. The van der Waals surface area contributed by atoms with Crippen LogP contribution < -0.4 is 5.32 Å². The van der Waals surface area contributed by atoms with Crippen LogP contribution in [0.1, 0.15) is 38.3 Å². The lowest BCUT2D eigenvalue weighted by Gasteiger charge is -2.20. The van der Waals surface area contributed by atoms with Crippen LogP contribution in [0.25, 0.3) is 0 Å². The molecule has 2 nitrogen and oxygen atoms in total. The van der Waals surface area contributed by atoms with Crippen LogP contribution in [-0.2, 0) is 11.2 Å². The normalized spacial score (nSPS) is 11.2. The average molecular weight is 219 g/mol. The van der Waals surface area contributed by atoms with Gasteiger partial charge in [0.15, 0.2) is 0 Å². The molecule has 0 aliphatic carbocycles. The highest BCUT2D eigenvalue weighted by molar-refractivity contribution is 5.76. The molecule has 88 valence electrons. The van der Waals surface area contributed by atoms with Crippen molar-refractivity contribution in [2.45, 2.75) is 46.1 Å². The molecule has 1 aromatic carbocycles. The van der Waals surface area contributed by atoms with Gasteiger partial charge >= 0.3 is 0 Å². The lowest BCUT2D eigenvalue weighted by atomic mass is 10.1. The molecule has 0 radical (unpaired) electrons. The van der Waals surface area contributed by atoms with Crippen LogP contribution in [0.15, 0.2) is 24.3 Å². The first-order chi connectivity index (χ1) is 7.37. The molecule has 0 unspecified atom stereocenters. The SMILES string of the molecule is Cc1ccc(CCC(=O)NC(C)(C)C)cc1. The van der Waals surface area contributed by atoms with Crippen molar-refractivity contribution in [3.8, 4) is 0 Å². The fraction of sp³-hybridized carbons (Fsp3) is 0.500. The van der Waals surface area contributed by atoms with Gasteiger partial charge in [0.1, 0.15) is 0 Å². The van der Waals surface area contributed by atoms with Crippen LogP contribution in [0.4, 0.5) is 0 Å². The summed E-state index contributed by atoms with van der Waals surface area (Å²) in [6, 6.07) is 8.33. The first-order valence-electron chi connectivity index (χ1n) is 5.73. The number of benzene rings is 1. The van der Waals surface area contributed by atoms with E-state index in [0.717, 1.165) is 6.42 Å². The topological polar surface area (TPSA) is 29.1 Å². The highest BCUT2D eigenvalue weighted by Gasteiger charge is 2.13. The van der Waals surface area contributed by atoms with E-state index in [1.807, 2.05) is 20.8 Å². The van der Waals surface area contributed by atoms with Gasteiger partial charge in [0.2, 0.25) is 5.91 Å². The zero-order valence-electron chi connectivity index (χ0n) is 10.6. The maximum Gasteiger partial charge on any atom is 0.220 e. The Morgan fingerprint density at radius 3 is 2.25 bits per heavy atom. The third-order valence-electron chi connectivity index (χ3n) is 2.28. The summed E-state index contributed by atoms with van der Waals surface area (Å²) in [4.78, 5) is 11.6. The van der Waals surface area contributed by atoms with Gasteiger partial charge in [-0.2, -0.15) is 0 Å². The van der Waals surface area contributed by atoms with E-state index in [4.69, 9.17) is 0 Å². The van der Waals surface area contributed by atoms with Crippen molar-refractivity contribution in [1.29, 1.82) is 0 Å². The highest BCUT2D eigenvalue weighted by atomic mass is 16.1. The fourth-order valence-corrected chi connectivity index (χ4v) is 1.49. The molecule has 1 amide bonds. The third kappa shape index (κ3) is 4.96. The standard InChI is InChI=1S/C14H21NO/c1-11-5-7-12(8-6-11)9-10-13(16)15-14(2,3)4/h5-8H,9-10H2,1-4H3,(H,15,16). The van der Waals surface area contributed by atoms with Gasteiger partial charge in [0.25, 0.3) is 0 Å². The maximum atomic E-state index is 11.6. The summed E-state index contributed by atoms with van der Waals surface area (Å²) in [6.45, 7) is 8.06. The van der Waals surface area contributed by atoms with Crippen LogP contribution in [0.5, 0.6) is 0 Å². The quantitative estimate of drug-likeness (QED) is 0.832. The number of nitrogens with one attached hydrogen (secondary N) is 1. The number of carbonyl (C=O) groups excluding carboxylic acids is 1. The molecule has 16 heavy (non-hydrogen) atoms. The van der Waals surface area contributed by atoms with E-state index in [1.165, 1.54) is 11.1 Å². The van der Waals surface area contributed by atoms with Gasteiger partial charge in [-0.3, -0.25) is 4.79 Å². The molecule has 0 aliphatic rings. The summed E-state index contributed by atoms with van der Waals surface area (Å²) in [6.07, 6.45) is 1.36. The molecule has 1 N–H and O–H groups in total. The number of carbonyl (C=O) groups is 1. The second-order valence-electron chi connectivity index (χ2n) is 5.28. The molecule has 0 saturated heterocycles. The summed E-state index contributed by atoms with van der Waals surface area (Å²) in [7, 11) is 0. The minimum Gasteiger partial charge on any atom is -0.351 e. The summed E-state index contributed by atoms with van der Waals surface area (Å²) in [5, 5.41) is 2.96. The lowest BCUT2D eigenvalue weighted by molar-refractivity contribution is -0.122. The van der Waals surface area contributed by atoms with Crippen molar-refractivity contribution in [1.82, 2.24) is 5.32 Å². The van der Waals surface area contributed by atoms with Gasteiger partial charge in [0, 0.05) is 12.0 Å². The maximum absolute atomic E-state index is 11.6. The van der Waals surface area contributed by atoms with Gasteiger partial charge in [-0.05, 0) is 39.7 Å². The number of hydrogen-bond donors (Lipinski definition) is 1. The van der Waals surface area contributed by atoms with Crippen LogP contribution >= 0.6 is 0 Å². The molecule has 0 atom stereocenters. The Balaban J connectivity index is 2.40. The second kappa shape index (κ2) is 5.15. The Bertz CT molecular complexity index is 346. The number of amides is 1. The Labute approximate surface area is 98.1 Å². The van der Waals surface area contributed by atoms with Gasteiger partial charge in [0.05, 0.1) is 0 Å². The minimum atomic E-state index is -0.135. The Morgan fingerprint density at radius 1 is 1.19 bits per heavy atom. The van der Waals surface area contributed by atoms with E-state index in [0.29, 0.717) is 6.42 Å². The fourth-order valence-electron chi connectivity index (χ4n) is 1.49. The van der Waals surface area contributed by atoms with Crippen molar-refractivity contribution in [2.24, 2.45) is 0 Å². The van der Waals surface area contributed by atoms with E-state index in [-0.39, 0.29) is 11.4 Å². The van der Waals surface area contributed by atoms with Crippen molar-refractivity contribution in [3.63, 3.8) is 0 Å². The van der Waals surface area contributed by atoms with Crippen LogP contribution in [0.3, 0.4) is 0 Å². The van der Waals surface area contributed by atoms with Crippen LogP contribution in [0.2, 0.25) is 0 Å². The van der Waals surface area contributed by atoms with Crippen molar-refractivity contribution >= 4 is 5.91 Å². The molecule has 0 heterocycles. The Kier molecular flexibility index (Phi) is 4.11. The molecule has 1 aromatic rings. The van der Waals surface area contributed by atoms with E-state index in [9.17, 15) is 4.79 Å². The van der Waals surface area contributed by atoms with Gasteiger partial charge in [-0.1, -0.05) is 29.8 Å². The molecule has 0 aromatic heterocycles. The largest absolute Gasteiger partial charge is 0.351 e. The molecule has 0 bridgehead atoms. The predicted molar refractivity (Wildman–Crippen MR) is 67.4 cm³/mol. The third-order valence-corrected chi connectivity index (χ3v) is 2.28. The van der Waals surface area contributed by atoms with Crippen molar-refractivity contribution in [2.75, 3.05) is 0 Å². The highest BCUT2D eigenvalue weighted by Crippen LogP contribution is 2.06. The zero-order chi connectivity index (χ0) is 12.2. The molecular formula is C14H21NO. The molecule has 2 heteroatoms. The Hall–Kier alpha value is -1.31. The van der Waals surface area contributed by atoms with E-state index < -0.39 is 0 Å². The summed E-state index contributed by atoms with van der Waals surface area (Å²) in [5.41, 5.74) is 2.34. The predicted octanol–water partition coefficient (Wildman–Crippen LogP) is 2.84. The number of hydrogen-bond acceptors (Lipinski definition) is 1. The Morgan fingerprint density at radius 2 is 1.75 bits per heavy atom. The monoisotopic (exact) mass is 219 g/mol. The molecular weight excluding hydrogens is 198 g/mol. The van der Waals surface area contributed by atoms with E-state index >= 15 is 0 Å². The van der Waals surface area contributed by atoms with Gasteiger partial charge in [-0.15, -0.1) is 0 Å². The van der Waals surface area contributed by atoms with Gasteiger partial charge < -0.3 is 5.32 Å². The lowest BCUT2D eigenvalue weighted by Crippen LogP contribution is -2.40. The molecule has 0 saturated carbocycles. The number of aryl methyl sites for hydroxylation is 2. The van der Waals surface area contributed by atoms with Crippen molar-refractivity contribution in [3.05, 3.63) is 35.4 Å². The van der Waals surface area contributed by atoms with E-state index in [1.54, 1.807) is 0 Å². The molecule has 0 fully saturated rings. The smallest absolute Gasteiger partial charge is 0.220 e. The number of rotatable bonds is 3. The van der Waals surface area contributed by atoms with Crippen LogP contribution in [0, 0.1) is 6.92 Å². The first-order valence-corrected chi connectivity index (χ1v) is 5.73. The molecule has 0 aliphatic heterocycles. The average Bonchev–Trinajstić information content (AvgIpc) is 2.14. The van der Waals surface area contributed by atoms with Gasteiger partial charge in [-0.25, -0.2) is 0 Å². The second-order valence-corrected chi connectivity index (χ2v) is 5.28. The zero-order valence-corrected chi connectivity index (χ0v) is 10.6. The summed E-state index contributed by atoms with van der Waals surface area (Å²) < 4.78 is 0.